The summed E-state index contributed by atoms with van der Waals surface area (Å²) < 4.78 is 13.3. The molecule has 25 heavy (non-hydrogen) atoms. The number of benzene rings is 1. The number of nitrogens with two attached hydrogens (primary N) is 1. The van der Waals surface area contributed by atoms with Crippen LogP contribution in [0, 0.1) is 5.82 Å². The summed E-state index contributed by atoms with van der Waals surface area (Å²) in [7, 11) is 1.85. The van der Waals surface area contributed by atoms with E-state index in [1.165, 1.54) is 6.07 Å². The van der Waals surface area contributed by atoms with E-state index in [0.717, 1.165) is 57.1 Å². The Morgan fingerprint density at radius 3 is 2.84 bits per heavy atom. The average molecular weight is 348 g/mol. The summed E-state index contributed by atoms with van der Waals surface area (Å²) in [5.74, 6) is -0.0982. The fourth-order valence-corrected chi connectivity index (χ4v) is 3.50. The van der Waals surface area contributed by atoms with Gasteiger partial charge in [0.15, 0.2) is 0 Å². The van der Waals surface area contributed by atoms with Crippen LogP contribution in [0.2, 0.25) is 0 Å². The maximum atomic E-state index is 13.3. The molecule has 1 aromatic rings. The number of unbranched alkanes of at least 4 members (excludes halogenated alkanes) is 2. The third kappa shape index (κ3) is 4.77. The number of nitrogens with zero attached hydrogens (tertiary/aromatic N) is 1. The molecule has 1 saturated heterocycles. The van der Waals surface area contributed by atoms with Gasteiger partial charge < -0.3 is 10.6 Å². The second-order valence-corrected chi connectivity index (χ2v) is 7.56. The van der Waals surface area contributed by atoms with Gasteiger partial charge in [-0.3, -0.25) is 15.6 Å². The number of nitrogens with one attached hydrogen (secondary N) is 2. The van der Waals surface area contributed by atoms with Gasteiger partial charge in [0.25, 0.3) is 0 Å². The van der Waals surface area contributed by atoms with Gasteiger partial charge in [-0.05, 0) is 49.8 Å². The van der Waals surface area contributed by atoms with Crippen LogP contribution in [0.3, 0.4) is 0 Å². The highest BCUT2D eigenvalue weighted by atomic mass is 19.1. The molecule has 0 bridgehead atoms. The van der Waals surface area contributed by atoms with Crippen molar-refractivity contribution < 1.29 is 9.18 Å². The van der Waals surface area contributed by atoms with Crippen LogP contribution in [0.4, 0.5) is 4.39 Å². The van der Waals surface area contributed by atoms with Crippen LogP contribution in [0.1, 0.15) is 56.6 Å². The number of hydrazine groups is 1. The summed E-state index contributed by atoms with van der Waals surface area (Å²) >= 11 is 0. The molecule has 2 fully saturated rings. The maximum Gasteiger partial charge on any atom is 0.242 e. The molecule has 5 nitrogen and oxygen atoms in total. The minimum atomic E-state index is -0.555. The second-order valence-electron chi connectivity index (χ2n) is 7.56. The number of carbonyl (C=O) groups excluding carboxylic acids is 1. The number of likely N-dealkylation sites (N-methyl/N-ethyl adjacent to an activating group) is 1. The summed E-state index contributed by atoms with van der Waals surface area (Å²) in [6, 6.07) is 7.36. The minimum Gasteiger partial charge on any atom is -0.344 e. The molecular formula is C19H29FN4O. The summed E-state index contributed by atoms with van der Waals surface area (Å²) in [6.07, 6.45) is 6.91. The Balaban J connectivity index is 1.30. The quantitative estimate of drug-likeness (QED) is 0.630. The van der Waals surface area contributed by atoms with Crippen LogP contribution in [0.15, 0.2) is 24.3 Å². The molecule has 6 heteroatoms. The van der Waals surface area contributed by atoms with Crippen molar-refractivity contribution in [3.8, 4) is 0 Å². The molecule has 1 heterocycles. The van der Waals surface area contributed by atoms with Crippen LogP contribution in [-0.4, -0.2) is 36.0 Å². The number of hydrogen-bond donors (Lipinski definition) is 3. The van der Waals surface area contributed by atoms with Crippen molar-refractivity contribution in [1.82, 2.24) is 15.8 Å². The van der Waals surface area contributed by atoms with Gasteiger partial charge in [-0.1, -0.05) is 25.0 Å². The first-order chi connectivity index (χ1) is 12.0. The highest BCUT2D eigenvalue weighted by Gasteiger charge is 2.47. The van der Waals surface area contributed by atoms with Crippen molar-refractivity contribution in [2.45, 2.75) is 62.6 Å². The summed E-state index contributed by atoms with van der Waals surface area (Å²) in [4.78, 5) is 13.8. The Labute approximate surface area is 149 Å². The molecule has 0 aromatic heterocycles. The first kappa shape index (κ1) is 18.3. The van der Waals surface area contributed by atoms with Gasteiger partial charge in [0.05, 0.1) is 5.54 Å². The van der Waals surface area contributed by atoms with Crippen molar-refractivity contribution in [3.05, 3.63) is 35.6 Å². The number of hydrogen-bond acceptors (Lipinski definition) is 4. The van der Waals surface area contributed by atoms with Crippen LogP contribution in [-0.2, 0) is 4.79 Å². The van der Waals surface area contributed by atoms with Gasteiger partial charge in [-0.2, -0.15) is 0 Å². The van der Waals surface area contributed by atoms with Crippen molar-refractivity contribution in [1.29, 1.82) is 0 Å². The number of amides is 1. The predicted octanol–water partition coefficient (Wildman–Crippen LogP) is 2.24. The van der Waals surface area contributed by atoms with Gasteiger partial charge in [-0.25, -0.2) is 4.39 Å². The molecule has 1 aliphatic carbocycles. The normalized spacial score (nSPS) is 24.3. The Hall–Kier alpha value is -1.50. The zero-order valence-corrected chi connectivity index (χ0v) is 14.9. The van der Waals surface area contributed by atoms with E-state index in [9.17, 15) is 9.18 Å². The molecule has 0 spiro atoms. The van der Waals surface area contributed by atoms with Crippen LogP contribution in [0.5, 0.6) is 0 Å². The molecule has 138 valence electrons. The van der Waals surface area contributed by atoms with Crippen molar-refractivity contribution >= 4 is 5.91 Å². The lowest BCUT2D eigenvalue weighted by Gasteiger charge is -2.20. The van der Waals surface area contributed by atoms with E-state index in [1.807, 2.05) is 13.1 Å². The highest BCUT2D eigenvalue weighted by Crippen LogP contribution is 2.33. The van der Waals surface area contributed by atoms with Crippen molar-refractivity contribution in [2.75, 3.05) is 13.6 Å². The molecule has 1 saturated carbocycles. The lowest BCUT2D eigenvalue weighted by Crippen LogP contribution is -2.44. The molecule has 0 radical (unpaired) electrons. The lowest BCUT2D eigenvalue weighted by atomic mass is 9.99. The van der Waals surface area contributed by atoms with Gasteiger partial charge in [0.2, 0.25) is 5.91 Å². The molecule has 2 atom stereocenters. The van der Waals surface area contributed by atoms with Crippen LogP contribution in [0.25, 0.3) is 0 Å². The van der Waals surface area contributed by atoms with E-state index in [0.29, 0.717) is 6.04 Å². The largest absolute Gasteiger partial charge is 0.344 e. The Morgan fingerprint density at radius 2 is 2.12 bits per heavy atom. The van der Waals surface area contributed by atoms with Crippen LogP contribution < -0.4 is 16.6 Å². The minimum absolute atomic E-state index is 0.0899. The van der Waals surface area contributed by atoms with Crippen LogP contribution >= 0.6 is 0 Å². The summed E-state index contributed by atoms with van der Waals surface area (Å²) in [5.41, 5.74) is 13.0. The Kier molecular flexibility index (Phi) is 5.71. The lowest BCUT2D eigenvalue weighted by molar-refractivity contribution is -0.132. The van der Waals surface area contributed by atoms with E-state index in [1.54, 1.807) is 17.0 Å². The fraction of sp³-hybridized carbons (Fsp3) is 0.632. The Bertz CT molecular complexity index is 605. The van der Waals surface area contributed by atoms with Crippen molar-refractivity contribution in [3.63, 3.8) is 0 Å². The SMILES string of the molecule is CN(CCCCCC1CC(c2cccc(F)c2)NN1)C(=O)C1(N)CC1. The zero-order chi connectivity index (χ0) is 17.9. The van der Waals surface area contributed by atoms with E-state index in [-0.39, 0.29) is 17.8 Å². The fourth-order valence-electron chi connectivity index (χ4n) is 3.50. The topological polar surface area (TPSA) is 70.4 Å². The molecule has 1 aromatic carbocycles. The third-order valence-electron chi connectivity index (χ3n) is 5.34. The average Bonchev–Trinajstić information content (AvgIpc) is 3.17. The van der Waals surface area contributed by atoms with E-state index in [2.05, 4.69) is 10.9 Å². The number of halogens is 1. The molecule has 4 N–H and O–H groups in total. The Morgan fingerprint density at radius 1 is 1.32 bits per heavy atom. The molecule has 1 aliphatic heterocycles. The standard InChI is InChI=1S/C19H29FN4O/c1-24(18(25)19(21)9-10-19)11-4-2-3-8-16-13-17(23-22-16)14-6-5-7-15(20)12-14/h5-7,12,16-17,22-23H,2-4,8-11,13,21H2,1H3. The molecule has 1 amide bonds. The molecule has 2 aliphatic rings. The second kappa shape index (κ2) is 7.81. The third-order valence-corrected chi connectivity index (χ3v) is 5.34. The smallest absolute Gasteiger partial charge is 0.242 e. The van der Waals surface area contributed by atoms with Gasteiger partial charge in [0.1, 0.15) is 5.82 Å². The summed E-state index contributed by atoms with van der Waals surface area (Å²) in [5, 5.41) is 0. The maximum absolute atomic E-state index is 13.3. The van der Waals surface area contributed by atoms with E-state index in [4.69, 9.17) is 5.73 Å². The van der Waals surface area contributed by atoms with Gasteiger partial charge in [-0.15, -0.1) is 0 Å². The van der Waals surface area contributed by atoms with E-state index < -0.39 is 5.54 Å². The zero-order valence-electron chi connectivity index (χ0n) is 14.9. The first-order valence-electron chi connectivity index (χ1n) is 9.29. The van der Waals surface area contributed by atoms with Gasteiger partial charge in [0, 0.05) is 25.7 Å². The monoisotopic (exact) mass is 348 g/mol. The first-order valence-corrected chi connectivity index (χ1v) is 9.29. The number of rotatable bonds is 8. The number of carbonyl (C=O) groups is 1. The van der Waals surface area contributed by atoms with Gasteiger partial charge >= 0.3 is 0 Å². The van der Waals surface area contributed by atoms with E-state index >= 15 is 0 Å². The molecular weight excluding hydrogens is 319 g/mol. The predicted molar refractivity (Wildman–Crippen MR) is 96.1 cm³/mol. The molecule has 3 rings (SSSR count). The van der Waals surface area contributed by atoms with Crippen molar-refractivity contribution in [2.24, 2.45) is 5.73 Å². The molecule has 2 unspecified atom stereocenters. The highest BCUT2D eigenvalue weighted by molar-refractivity contribution is 5.88. The summed E-state index contributed by atoms with van der Waals surface area (Å²) in [6.45, 7) is 0.778.